The molecule has 0 saturated carbocycles. The number of urea groups is 1. The van der Waals surface area contributed by atoms with Gasteiger partial charge >= 0.3 is 6.03 Å². The van der Waals surface area contributed by atoms with Crippen molar-refractivity contribution in [1.29, 1.82) is 0 Å². The van der Waals surface area contributed by atoms with Crippen LogP contribution in [0.2, 0.25) is 0 Å². The summed E-state index contributed by atoms with van der Waals surface area (Å²) in [6, 6.07) is 19.3. The molecular weight excluding hydrogens is 410 g/mol. The average molecular weight is 450 g/mol. The first-order valence-corrected chi connectivity index (χ1v) is 12.5. The maximum absolute atomic E-state index is 12.6. The molecule has 33 heavy (non-hydrogen) atoms. The molecule has 2 N–H and O–H groups in total. The summed E-state index contributed by atoms with van der Waals surface area (Å²) in [5, 5.41) is 6.29. The molecule has 6 nitrogen and oxygen atoms in total. The summed E-state index contributed by atoms with van der Waals surface area (Å²) < 4.78 is 0. The van der Waals surface area contributed by atoms with Crippen molar-refractivity contribution in [1.82, 2.24) is 25.3 Å². The van der Waals surface area contributed by atoms with Gasteiger partial charge in [0.1, 0.15) is 0 Å². The summed E-state index contributed by atoms with van der Waals surface area (Å²) in [6.45, 7) is 12.4. The molecule has 6 heteroatoms. The predicted octanol–water partition coefficient (Wildman–Crippen LogP) is 3.29. The molecule has 0 atom stereocenters. The summed E-state index contributed by atoms with van der Waals surface area (Å²) in [7, 11) is 0. The molecule has 2 fully saturated rings. The van der Waals surface area contributed by atoms with Crippen LogP contribution < -0.4 is 10.6 Å². The van der Waals surface area contributed by atoms with E-state index in [-0.39, 0.29) is 12.1 Å². The molecular formula is C27H39N5O. The fourth-order valence-electron chi connectivity index (χ4n) is 4.88. The zero-order valence-corrected chi connectivity index (χ0v) is 20.0. The van der Waals surface area contributed by atoms with E-state index in [1.54, 1.807) is 0 Å². The first kappa shape index (κ1) is 23.7. The van der Waals surface area contributed by atoms with Gasteiger partial charge in [-0.2, -0.15) is 0 Å². The van der Waals surface area contributed by atoms with Crippen LogP contribution in [0.3, 0.4) is 0 Å². The molecule has 0 unspecified atom stereocenters. The lowest BCUT2D eigenvalue weighted by Crippen LogP contribution is -2.47. The number of carbonyl (C=O) groups excluding carboxylic acids is 1. The summed E-state index contributed by atoms with van der Waals surface area (Å²) in [5.41, 5.74) is 3.88. The zero-order valence-electron chi connectivity index (χ0n) is 20.0. The predicted molar refractivity (Wildman–Crippen MR) is 134 cm³/mol. The Bertz CT molecular complexity index is 858. The Hall–Kier alpha value is -2.41. The molecule has 2 aromatic rings. The maximum atomic E-state index is 12.6. The van der Waals surface area contributed by atoms with Gasteiger partial charge in [-0.05, 0) is 36.1 Å². The lowest BCUT2D eigenvalue weighted by molar-refractivity contribution is 0.131. The Balaban J connectivity index is 1.19. The summed E-state index contributed by atoms with van der Waals surface area (Å²) in [6.07, 6.45) is 2.00. The van der Waals surface area contributed by atoms with Gasteiger partial charge in [0.25, 0.3) is 0 Å². The highest BCUT2D eigenvalue weighted by Crippen LogP contribution is 2.15. The largest absolute Gasteiger partial charge is 0.335 e. The second-order valence-corrected chi connectivity index (χ2v) is 9.34. The number of amides is 2. The van der Waals surface area contributed by atoms with Gasteiger partial charge in [-0.3, -0.25) is 9.80 Å². The second-order valence-electron chi connectivity index (χ2n) is 9.34. The standard InChI is InChI=1S/C27H39N5O/c1-2-30-16-18-32(19-17-30)22-25-11-7-6-10-24(25)20-28-27(33)29-26-12-14-31(15-13-26)21-23-8-4-3-5-9-23/h3-11,26H,2,12-22H2,1H3,(H2,28,29,33). The fourth-order valence-corrected chi connectivity index (χ4v) is 4.88. The second kappa shape index (κ2) is 12.2. The number of benzene rings is 2. The SMILES string of the molecule is CCN1CCN(Cc2ccccc2CNC(=O)NC2CCN(Cc3ccccc3)CC2)CC1. The average Bonchev–Trinajstić information content (AvgIpc) is 2.86. The van der Waals surface area contributed by atoms with E-state index in [9.17, 15) is 4.79 Å². The normalized spacial score (nSPS) is 18.8. The van der Waals surface area contributed by atoms with Gasteiger partial charge < -0.3 is 15.5 Å². The number of piperidine rings is 1. The molecule has 2 aromatic carbocycles. The van der Waals surface area contributed by atoms with Gasteiger partial charge in [-0.15, -0.1) is 0 Å². The first-order chi connectivity index (χ1) is 16.2. The van der Waals surface area contributed by atoms with Crippen LogP contribution in [0.1, 0.15) is 36.5 Å². The number of likely N-dealkylation sites (tertiary alicyclic amines) is 1. The van der Waals surface area contributed by atoms with E-state index in [1.165, 1.54) is 16.7 Å². The summed E-state index contributed by atoms with van der Waals surface area (Å²) in [4.78, 5) is 20.1. The van der Waals surface area contributed by atoms with Crippen molar-refractivity contribution in [3.8, 4) is 0 Å². The quantitative estimate of drug-likeness (QED) is 0.649. The maximum Gasteiger partial charge on any atom is 0.315 e. The number of rotatable bonds is 8. The number of nitrogens with zero attached hydrogens (tertiary/aromatic N) is 3. The summed E-state index contributed by atoms with van der Waals surface area (Å²) in [5.74, 6) is 0. The minimum absolute atomic E-state index is 0.0529. The first-order valence-electron chi connectivity index (χ1n) is 12.5. The van der Waals surface area contributed by atoms with Crippen LogP contribution in [0, 0.1) is 0 Å². The van der Waals surface area contributed by atoms with Gasteiger partial charge in [0.2, 0.25) is 0 Å². The Morgan fingerprint density at radius 2 is 1.39 bits per heavy atom. The van der Waals surface area contributed by atoms with E-state index < -0.39 is 0 Å². The van der Waals surface area contributed by atoms with Crippen LogP contribution in [0.25, 0.3) is 0 Å². The van der Waals surface area contributed by atoms with E-state index >= 15 is 0 Å². The molecule has 0 aliphatic carbocycles. The Morgan fingerprint density at radius 1 is 0.788 bits per heavy atom. The fraction of sp³-hybridized carbons (Fsp3) is 0.519. The monoisotopic (exact) mass is 449 g/mol. The number of piperazine rings is 1. The number of likely N-dealkylation sites (N-methyl/N-ethyl adjacent to an activating group) is 1. The molecule has 2 aliphatic heterocycles. The van der Waals surface area contributed by atoms with Crippen LogP contribution in [0.4, 0.5) is 4.79 Å². The smallest absolute Gasteiger partial charge is 0.315 e. The highest BCUT2D eigenvalue weighted by atomic mass is 16.2. The third-order valence-corrected chi connectivity index (χ3v) is 7.04. The Morgan fingerprint density at radius 3 is 2.09 bits per heavy atom. The van der Waals surface area contributed by atoms with E-state index in [0.717, 1.165) is 71.7 Å². The highest BCUT2D eigenvalue weighted by Gasteiger charge is 2.21. The third kappa shape index (κ3) is 7.29. The number of nitrogens with one attached hydrogen (secondary N) is 2. The molecule has 0 aromatic heterocycles. The van der Waals surface area contributed by atoms with Crippen LogP contribution in [0.5, 0.6) is 0 Å². The molecule has 178 valence electrons. The van der Waals surface area contributed by atoms with E-state index in [2.05, 4.69) is 86.9 Å². The third-order valence-electron chi connectivity index (χ3n) is 7.04. The van der Waals surface area contributed by atoms with Gasteiger partial charge in [0, 0.05) is 64.9 Å². The van der Waals surface area contributed by atoms with Crippen molar-refractivity contribution >= 4 is 6.03 Å². The van der Waals surface area contributed by atoms with Crippen molar-refractivity contribution < 1.29 is 4.79 Å². The number of hydrogen-bond acceptors (Lipinski definition) is 4. The van der Waals surface area contributed by atoms with Crippen LogP contribution in [-0.2, 0) is 19.6 Å². The minimum Gasteiger partial charge on any atom is -0.335 e. The van der Waals surface area contributed by atoms with Crippen molar-refractivity contribution in [2.45, 2.75) is 45.4 Å². The van der Waals surface area contributed by atoms with Gasteiger partial charge in [0.05, 0.1) is 0 Å². The zero-order chi connectivity index (χ0) is 22.9. The van der Waals surface area contributed by atoms with E-state index in [4.69, 9.17) is 0 Å². The van der Waals surface area contributed by atoms with Crippen LogP contribution in [-0.4, -0.2) is 72.6 Å². The summed E-state index contributed by atoms with van der Waals surface area (Å²) >= 11 is 0. The van der Waals surface area contributed by atoms with Gasteiger partial charge in [0.15, 0.2) is 0 Å². The molecule has 2 saturated heterocycles. The topological polar surface area (TPSA) is 50.9 Å². The van der Waals surface area contributed by atoms with Crippen LogP contribution >= 0.6 is 0 Å². The number of carbonyl (C=O) groups is 1. The van der Waals surface area contributed by atoms with Crippen molar-refractivity contribution in [2.24, 2.45) is 0 Å². The van der Waals surface area contributed by atoms with Gasteiger partial charge in [-0.25, -0.2) is 4.79 Å². The van der Waals surface area contributed by atoms with Crippen molar-refractivity contribution in [3.63, 3.8) is 0 Å². The van der Waals surface area contributed by atoms with E-state index in [0.29, 0.717) is 6.54 Å². The Labute approximate surface area is 198 Å². The van der Waals surface area contributed by atoms with Crippen LogP contribution in [0.15, 0.2) is 54.6 Å². The molecule has 0 radical (unpaired) electrons. The molecule has 2 heterocycles. The van der Waals surface area contributed by atoms with E-state index in [1.807, 2.05) is 0 Å². The lowest BCUT2D eigenvalue weighted by Gasteiger charge is -2.34. The van der Waals surface area contributed by atoms with Crippen molar-refractivity contribution in [2.75, 3.05) is 45.8 Å². The lowest BCUT2D eigenvalue weighted by atomic mass is 10.0. The molecule has 0 bridgehead atoms. The number of hydrogen-bond donors (Lipinski definition) is 2. The Kier molecular flexibility index (Phi) is 8.75. The molecule has 2 amide bonds. The van der Waals surface area contributed by atoms with Crippen molar-refractivity contribution in [3.05, 3.63) is 71.3 Å². The molecule has 4 rings (SSSR count). The molecule has 0 spiro atoms. The minimum atomic E-state index is -0.0529. The molecule has 2 aliphatic rings. The highest BCUT2D eigenvalue weighted by molar-refractivity contribution is 5.74. The van der Waals surface area contributed by atoms with Gasteiger partial charge in [-0.1, -0.05) is 61.5 Å².